The zero-order chi connectivity index (χ0) is 18.8. The molecule has 1 atom stereocenters. The monoisotopic (exact) mass is 373 g/mol. The lowest BCUT2D eigenvalue weighted by Gasteiger charge is -2.19. The number of aryl methyl sites for hydroxylation is 2. The van der Waals surface area contributed by atoms with Crippen LogP contribution in [-0.4, -0.2) is 32.1 Å². The first-order valence-corrected chi connectivity index (χ1v) is 9.74. The first-order chi connectivity index (χ1) is 12.4. The van der Waals surface area contributed by atoms with Crippen molar-refractivity contribution in [3.8, 4) is 0 Å². The molecule has 0 radical (unpaired) electrons. The van der Waals surface area contributed by atoms with Gasteiger partial charge in [-0.05, 0) is 38.0 Å². The summed E-state index contributed by atoms with van der Waals surface area (Å²) in [5, 5.41) is 3.57. The molecule has 5 nitrogen and oxygen atoms in total. The third-order valence-corrected chi connectivity index (χ3v) is 5.84. The summed E-state index contributed by atoms with van der Waals surface area (Å²) < 4.78 is 5.26. The van der Waals surface area contributed by atoms with E-state index in [2.05, 4.69) is 12.4 Å². The number of benzene rings is 1. The van der Waals surface area contributed by atoms with Gasteiger partial charge in [0.05, 0.1) is 30.6 Å². The Morgan fingerprint density at radius 3 is 2.77 bits per heavy atom. The van der Waals surface area contributed by atoms with Crippen LogP contribution in [0.2, 0.25) is 0 Å². The van der Waals surface area contributed by atoms with Crippen LogP contribution >= 0.6 is 11.3 Å². The maximum Gasteiger partial charge on any atom is 0.341 e. The van der Waals surface area contributed by atoms with Crippen LogP contribution in [-0.2, 0) is 17.7 Å². The Kier molecular flexibility index (Phi) is 5.44. The van der Waals surface area contributed by atoms with E-state index in [-0.39, 0.29) is 11.9 Å². The van der Waals surface area contributed by atoms with E-state index in [1.807, 2.05) is 32.0 Å². The molecule has 1 amide bonds. The highest BCUT2D eigenvalue weighted by atomic mass is 32.1. The fourth-order valence-corrected chi connectivity index (χ4v) is 4.71. The van der Waals surface area contributed by atoms with Gasteiger partial charge in [-0.2, -0.15) is 0 Å². The van der Waals surface area contributed by atoms with E-state index in [4.69, 9.17) is 4.74 Å². The Balaban J connectivity index is 1.96. The van der Waals surface area contributed by atoms with Crippen molar-refractivity contribution in [2.45, 2.75) is 33.7 Å². The van der Waals surface area contributed by atoms with E-state index in [1.165, 1.54) is 16.2 Å². The summed E-state index contributed by atoms with van der Waals surface area (Å²) in [4.78, 5) is 27.9. The first kappa shape index (κ1) is 18.6. The van der Waals surface area contributed by atoms with Crippen LogP contribution in [0.3, 0.4) is 0 Å². The van der Waals surface area contributed by atoms with Gasteiger partial charge in [0.2, 0.25) is 0 Å². The van der Waals surface area contributed by atoms with Gasteiger partial charge in [-0.15, -0.1) is 11.3 Å². The van der Waals surface area contributed by atoms with Crippen LogP contribution in [0.5, 0.6) is 0 Å². The molecule has 0 saturated carbocycles. The Morgan fingerprint density at radius 2 is 2.08 bits per heavy atom. The van der Waals surface area contributed by atoms with Crippen molar-refractivity contribution in [2.24, 2.45) is 0 Å². The summed E-state index contributed by atoms with van der Waals surface area (Å²) >= 11 is 1.50. The second-order valence-electron chi connectivity index (χ2n) is 6.83. The summed E-state index contributed by atoms with van der Waals surface area (Å²) in [7, 11) is 2.14. The van der Waals surface area contributed by atoms with Crippen molar-refractivity contribution < 1.29 is 19.2 Å². The standard InChI is InChI=1S/C20H24N2O3S/c1-5-25-20(24)17-15-8-9-22(4)11-16(15)26-19(17)21-18(23)14-7-6-12(2)10-13(14)3/h6-7,10H,5,8-9,11H2,1-4H3,(H,21,23)/p+1. The number of amides is 1. The molecule has 1 unspecified atom stereocenters. The molecule has 1 aromatic carbocycles. The molecule has 138 valence electrons. The zero-order valence-corrected chi connectivity index (χ0v) is 16.5. The van der Waals surface area contributed by atoms with Crippen LogP contribution in [0, 0.1) is 13.8 Å². The third kappa shape index (κ3) is 3.66. The molecule has 1 aromatic heterocycles. The normalized spacial score (nSPS) is 16.1. The first-order valence-electron chi connectivity index (χ1n) is 8.92. The number of likely N-dealkylation sites (N-methyl/N-ethyl adjacent to an activating group) is 1. The molecule has 0 aliphatic carbocycles. The van der Waals surface area contributed by atoms with E-state index < -0.39 is 0 Å². The van der Waals surface area contributed by atoms with Crippen molar-refractivity contribution in [1.29, 1.82) is 0 Å². The van der Waals surface area contributed by atoms with E-state index in [9.17, 15) is 9.59 Å². The molecule has 0 bridgehead atoms. The van der Waals surface area contributed by atoms with Gasteiger partial charge in [0.25, 0.3) is 5.91 Å². The summed E-state index contributed by atoms with van der Waals surface area (Å²) in [5.41, 5.74) is 4.24. The maximum atomic E-state index is 12.8. The highest BCUT2D eigenvalue weighted by Crippen LogP contribution is 2.35. The second kappa shape index (κ2) is 7.60. The topological polar surface area (TPSA) is 59.8 Å². The maximum absolute atomic E-state index is 12.8. The van der Waals surface area contributed by atoms with E-state index in [0.29, 0.717) is 22.7 Å². The van der Waals surface area contributed by atoms with E-state index in [0.717, 1.165) is 41.1 Å². The highest BCUT2D eigenvalue weighted by molar-refractivity contribution is 7.17. The van der Waals surface area contributed by atoms with E-state index in [1.54, 1.807) is 6.92 Å². The van der Waals surface area contributed by atoms with Gasteiger partial charge in [-0.3, -0.25) is 4.79 Å². The molecule has 2 aromatic rings. The summed E-state index contributed by atoms with van der Waals surface area (Å²) in [6, 6.07) is 5.74. The van der Waals surface area contributed by atoms with Crippen molar-refractivity contribution in [2.75, 3.05) is 25.5 Å². The molecule has 2 heterocycles. The van der Waals surface area contributed by atoms with Crippen LogP contribution < -0.4 is 10.2 Å². The fraction of sp³-hybridized carbons (Fsp3) is 0.400. The summed E-state index contributed by atoms with van der Waals surface area (Å²) in [6.45, 7) is 7.87. The fourth-order valence-electron chi connectivity index (χ4n) is 3.37. The molecular weight excluding hydrogens is 348 g/mol. The van der Waals surface area contributed by atoms with Gasteiger partial charge >= 0.3 is 5.97 Å². The molecular formula is C20H25N2O3S+. The average Bonchev–Trinajstić information content (AvgIpc) is 2.91. The Labute approximate surface area is 158 Å². The van der Waals surface area contributed by atoms with Gasteiger partial charge in [0, 0.05) is 12.0 Å². The summed E-state index contributed by atoms with van der Waals surface area (Å²) in [6.07, 6.45) is 0.825. The molecule has 3 rings (SSSR count). The minimum atomic E-state index is -0.347. The number of ether oxygens (including phenoxy) is 1. The number of nitrogens with one attached hydrogen (secondary N) is 2. The van der Waals surface area contributed by atoms with Crippen molar-refractivity contribution in [1.82, 2.24) is 0 Å². The number of carbonyl (C=O) groups is 2. The van der Waals surface area contributed by atoms with Gasteiger partial charge in [-0.25, -0.2) is 4.79 Å². The number of thiophene rings is 1. The Bertz CT molecular complexity index is 857. The summed E-state index contributed by atoms with van der Waals surface area (Å²) in [5.74, 6) is -0.534. The lowest BCUT2D eigenvalue weighted by molar-refractivity contribution is -0.895. The van der Waals surface area contributed by atoms with Crippen molar-refractivity contribution in [3.05, 3.63) is 50.9 Å². The van der Waals surface area contributed by atoms with Gasteiger partial charge < -0.3 is 15.0 Å². The van der Waals surface area contributed by atoms with Gasteiger partial charge in [0.1, 0.15) is 11.5 Å². The molecule has 0 fully saturated rings. The molecule has 6 heteroatoms. The van der Waals surface area contributed by atoms with Crippen LogP contribution in [0.1, 0.15) is 49.2 Å². The largest absolute Gasteiger partial charge is 0.462 e. The molecule has 0 spiro atoms. The zero-order valence-electron chi connectivity index (χ0n) is 15.7. The molecule has 26 heavy (non-hydrogen) atoms. The third-order valence-electron chi connectivity index (χ3n) is 4.69. The lowest BCUT2D eigenvalue weighted by Crippen LogP contribution is -3.08. The molecule has 2 N–H and O–H groups in total. The Hall–Kier alpha value is -2.18. The predicted molar refractivity (Wildman–Crippen MR) is 103 cm³/mol. The lowest BCUT2D eigenvalue weighted by atomic mass is 10.0. The SMILES string of the molecule is CCOC(=O)c1c(NC(=O)c2ccc(C)cc2C)sc2c1CC[NH+](C)C2. The predicted octanol–water partition coefficient (Wildman–Crippen LogP) is 2.36. The number of rotatable bonds is 4. The highest BCUT2D eigenvalue weighted by Gasteiger charge is 2.30. The molecule has 0 saturated heterocycles. The molecule has 1 aliphatic heterocycles. The van der Waals surface area contributed by atoms with Crippen LogP contribution in [0.4, 0.5) is 5.00 Å². The van der Waals surface area contributed by atoms with Gasteiger partial charge in [-0.1, -0.05) is 17.7 Å². The number of anilines is 1. The van der Waals surface area contributed by atoms with Crippen LogP contribution in [0.25, 0.3) is 0 Å². The van der Waals surface area contributed by atoms with Gasteiger partial charge in [0.15, 0.2) is 0 Å². The minimum Gasteiger partial charge on any atom is -0.462 e. The van der Waals surface area contributed by atoms with E-state index >= 15 is 0 Å². The number of hydrogen-bond acceptors (Lipinski definition) is 4. The smallest absolute Gasteiger partial charge is 0.341 e. The van der Waals surface area contributed by atoms with Crippen molar-refractivity contribution in [3.63, 3.8) is 0 Å². The number of esters is 1. The average molecular weight is 373 g/mol. The quantitative estimate of drug-likeness (QED) is 0.809. The minimum absolute atomic E-state index is 0.188. The second-order valence-corrected chi connectivity index (χ2v) is 7.94. The number of fused-ring (bicyclic) bond motifs is 1. The number of quaternary nitrogens is 1. The van der Waals surface area contributed by atoms with Crippen LogP contribution in [0.15, 0.2) is 18.2 Å². The molecule has 1 aliphatic rings. The van der Waals surface area contributed by atoms with Crippen molar-refractivity contribution >= 4 is 28.2 Å². The number of hydrogen-bond donors (Lipinski definition) is 2. The number of carbonyl (C=O) groups excluding carboxylic acids is 2. The Morgan fingerprint density at radius 1 is 1.31 bits per heavy atom.